The molecule has 0 N–H and O–H groups in total. The molecule has 1 amide bonds. The van der Waals surface area contributed by atoms with Gasteiger partial charge in [-0.3, -0.25) is 9.69 Å². The number of amides is 1. The monoisotopic (exact) mass is 327 g/mol. The molecule has 1 atom stereocenters. The highest BCUT2D eigenvalue weighted by Gasteiger charge is 2.35. The molecule has 1 aliphatic rings. The normalized spacial score (nSPS) is 20.1. The summed E-state index contributed by atoms with van der Waals surface area (Å²) in [5, 5.41) is 8.71. The number of carbonyl (C=O) groups excluding carboxylic acids is 1. The van der Waals surface area contributed by atoms with E-state index >= 15 is 0 Å². The zero-order chi connectivity index (χ0) is 16.2. The van der Waals surface area contributed by atoms with Crippen molar-refractivity contribution in [1.82, 2.24) is 4.90 Å². The van der Waals surface area contributed by atoms with Gasteiger partial charge in [0.25, 0.3) is 0 Å². The lowest BCUT2D eigenvalue weighted by molar-refractivity contribution is -0.126. The number of aryl methyl sites for hydroxylation is 1. The smallest absolute Gasteiger partial charge is 0.242 e. The first-order valence-corrected chi connectivity index (χ1v) is 8.20. The number of furan rings is 1. The lowest BCUT2D eigenvalue weighted by atomic mass is 10.1. The Morgan fingerprint density at radius 3 is 2.87 bits per heavy atom. The first-order valence-electron chi connectivity index (χ1n) is 7.32. The van der Waals surface area contributed by atoms with E-state index < -0.39 is 0 Å². The molecule has 3 rings (SSSR count). The van der Waals surface area contributed by atoms with Crippen molar-refractivity contribution in [3.05, 3.63) is 59.5 Å². The van der Waals surface area contributed by atoms with E-state index in [4.69, 9.17) is 4.42 Å². The van der Waals surface area contributed by atoms with Crippen LogP contribution in [0.15, 0.2) is 57.3 Å². The van der Waals surface area contributed by atoms with E-state index in [2.05, 4.69) is 10.2 Å². The van der Waals surface area contributed by atoms with E-state index in [1.165, 1.54) is 18.0 Å². The number of rotatable bonds is 4. The van der Waals surface area contributed by atoms with Crippen molar-refractivity contribution < 1.29 is 9.21 Å². The molecule has 0 aliphatic carbocycles. The summed E-state index contributed by atoms with van der Waals surface area (Å²) in [5.41, 5.74) is 2.27. The minimum atomic E-state index is -0.142. The summed E-state index contributed by atoms with van der Waals surface area (Å²) < 4.78 is 5.17. The summed E-state index contributed by atoms with van der Waals surface area (Å²) in [7, 11) is 0. The van der Waals surface area contributed by atoms with Gasteiger partial charge in [0.15, 0.2) is 5.17 Å². The van der Waals surface area contributed by atoms with E-state index in [-0.39, 0.29) is 11.2 Å². The van der Waals surface area contributed by atoms with Gasteiger partial charge in [-0.15, -0.1) is 5.10 Å². The Labute approximate surface area is 139 Å². The molecule has 0 radical (unpaired) electrons. The number of thioether (sulfide) groups is 1. The summed E-state index contributed by atoms with van der Waals surface area (Å²) >= 11 is 1.43. The molecule has 1 aliphatic heterocycles. The predicted molar refractivity (Wildman–Crippen MR) is 92.5 cm³/mol. The van der Waals surface area contributed by atoms with Crippen molar-refractivity contribution in [1.29, 1.82) is 0 Å². The minimum absolute atomic E-state index is 0.0604. The Morgan fingerprint density at radius 2 is 2.13 bits per heavy atom. The van der Waals surface area contributed by atoms with Crippen molar-refractivity contribution in [3.63, 3.8) is 0 Å². The van der Waals surface area contributed by atoms with Gasteiger partial charge in [-0.1, -0.05) is 36.0 Å². The average Bonchev–Trinajstić information content (AvgIpc) is 3.14. The van der Waals surface area contributed by atoms with Gasteiger partial charge in [0.1, 0.15) is 5.76 Å². The molecule has 0 unspecified atom stereocenters. The number of nitrogens with zero attached hydrogens (tertiary/aromatic N) is 3. The molecule has 0 bridgehead atoms. The summed E-state index contributed by atoms with van der Waals surface area (Å²) in [6, 6.07) is 11.6. The summed E-state index contributed by atoms with van der Waals surface area (Å²) in [6.07, 6.45) is 3.11. The maximum Gasteiger partial charge on any atom is 0.242 e. The van der Waals surface area contributed by atoms with Crippen LogP contribution < -0.4 is 0 Å². The lowest BCUT2D eigenvalue weighted by Gasteiger charge is -2.16. The second-order valence-corrected chi connectivity index (χ2v) is 6.56. The molecule has 1 fully saturated rings. The Morgan fingerprint density at radius 1 is 1.30 bits per heavy atom. The predicted octanol–water partition coefficient (Wildman–Crippen LogP) is 3.44. The average molecular weight is 327 g/mol. The number of hydrogen-bond donors (Lipinski definition) is 0. The molecule has 1 aromatic carbocycles. The van der Waals surface area contributed by atoms with Crippen LogP contribution in [-0.2, 0) is 11.3 Å². The van der Waals surface area contributed by atoms with Crippen molar-refractivity contribution in [2.24, 2.45) is 10.2 Å². The summed E-state index contributed by atoms with van der Waals surface area (Å²) in [4.78, 5) is 14.1. The van der Waals surface area contributed by atoms with E-state index in [9.17, 15) is 4.79 Å². The van der Waals surface area contributed by atoms with Crippen LogP contribution in [0.3, 0.4) is 0 Å². The van der Waals surface area contributed by atoms with E-state index in [0.29, 0.717) is 17.5 Å². The Balaban J connectivity index is 1.80. The van der Waals surface area contributed by atoms with Crippen LogP contribution in [-0.4, -0.2) is 27.4 Å². The van der Waals surface area contributed by atoms with E-state index in [1.54, 1.807) is 23.3 Å². The molecule has 1 aromatic heterocycles. The van der Waals surface area contributed by atoms with Crippen molar-refractivity contribution >= 4 is 29.1 Å². The van der Waals surface area contributed by atoms with Gasteiger partial charge < -0.3 is 4.42 Å². The molecule has 6 heteroatoms. The van der Waals surface area contributed by atoms with Crippen molar-refractivity contribution in [3.8, 4) is 0 Å². The highest BCUT2D eigenvalue weighted by atomic mass is 32.2. The molecule has 2 heterocycles. The first-order chi connectivity index (χ1) is 11.1. The van der Waals surface area contributed by atoms with Crippen LogP contribution in [0.2, 0.25) is 0 Å². The van der Waals surface area contributed by atoms with E-state index in [0.717, 1.165) is 11.1 Å². The number of amidine groups is 1. The molecule has 23 heavy (non-hydrogen) atoms. The van der Waals surface area contributed by atoms with Gasteiger partial charge in [0, 0.05) is 0 Å². The zero-order valence-corrected chi connectivity index (χ0v) is 13.8. The third-order valence-electron chi connectivity index (χ3n) is 3.59. The van der Waals surface area contributed by atoms with Crippen LogP contribution in [0.25, 0.3) is 0 Å². The second-order valence-electron chi connectivity index (χ2n) is 5.25. The Hall–Kier alpha value is -2.34. The SMILES string of the molecule is Cc1ccccc1CN1C(=O)[C@@H](C)S/C1=N/N=C\c1ccco1. The van der Waals surface area contributed by atoms with Crippen molar-refractivity contribution in [2.45, 2.75) is 25.6 Å². The molecular weight excluding hydrogens is 310 g/mol. The highest BCUT2D eigenvalue weighted by Crippen LogP contribution is 2.29. The van der Waals surface area contributed by atoms with Crippen LogP contribution >= 0.6 is 11.8 Å². The van der Waals surface area contributed by atoms with Gasteiger partial charge in [0.05, 0.1) is 24.3 Å². The topological polar surface area (TPSA) is 58.2 Å². The fraction of sp³-hybridized carbons (Fsp3) is 0.235. The Kier molecular flexibility index (Phi) is 4.62. The fourth-order valence-electron chi connectivity index (χ4n) is 2.27. The molecule has 118 valence electrons. The first kappa shape index (κ1) is 15.6. The van der Waals surface area contributed by atoms with Crippen LogP contribution in [0.5, 0.6) is 0 Å². The number of hydrogen-bond acceptors (Lipinski definition) is 5. The molecule has 0 saturated carbocycles. The summed E-state index contributed by atoms with van der Waals surface area (Å²) in [6.45, 7) is 4.44. The largest absolute Gasteiger partial charge is 0.463 e. The van der Waals surface area contributed by atoms with Crippen molar-refractivity contribution in [2.75, 3.05) is 0 Å². The standard InChI is InChI=1S/C17H17N3O2S/c1-12-6-3-4-7-14(12)11-20-16(21)13(2)23-17(20)19-18-10-15-8-5-9-22-15/h3-10,13H,11H2,1-2H3/b18-10-,19-17+/t13-/m1/s1. The third-order valence-corrected chi connectivity index (χ3v) is 4.66. The fourth-order valence-corrected chi connectivity index (χ4v) is 3.19. The van der Waals surface area contributed by atoms with Gasteiger partial charge in [-0.2, -0.15) is 5.10 Å². The second kappa shape index (κ2) is 6.83. The van der Waals surface area contributed by atoms with Crippen LogP contribution in [0, 0.1) is 6.92 Å². The summed E-state index contributed by atoms with van der Waals surface area (Å²) in [5.74, 6) is 0.687. The van der Waals surface area contributed by atoms with Crippen LogP contribution in [0.1, 0.15) is 23.8 Å². The number of benzene rings is 1. The maximum atomic E-state index is 12.4. The molecular formula is C17H17N3O2S. The Bertz CT molecular complexity index is 753. The van der Waals surface area contributed by atoms with Gasteiger partial charge in [-0.05, 0) is 37.1 Å². The number of carbonyl (C=O) groups is 1. The van der Waals surface area contributed by atoms with Gasteiger partial charge in [0.2, 0.25) is 5.91 Å². The quantitative estimate of drug-likeness (QED) is 0.638. The third kappa shape index (κ3) is 3.53. The molecule has 0 spiro atoms. The minimum Gasteiger partial charge on any atom is -0.463 e. The highest BCUT2D eigenvalue weighted by molar-refractivity contribution is 8.15. The molecule has 1 saturated heterocycles. The molecule has 5 nitrogen and oxygen atoms in total. The lowest BCUT2D eigenvalue weighted by Crippen LogP contribution is -2.31. The zero-order valence-electron chi connectivity index (χ0n) is 13.0. The van der Waals surface area contributed by atoms with Gasteiger partial charge in [-0.25, -0.2) is 0 Å². The van der Waals surface area contributed by atoms with Crippen LogP contribution in [0.4, 0.5) is 0 Å². The van der Waals surface area contributed by atoms with E-state index in [1.807, 2.05) is 38.1 Å². The molecule has 2 aromatic rings. The maximum absolute atomic E-state index is 12.4. The van der Waals surface area contributed by atoms with Gasteiger partial charge >= 0.3 is 0 Å².